The highest BCUT2D eigenvalue weighted by atomic mass is 32.2. The summed E-state index contributed by atoms with van der Waals surface area (Å²) in [7, 11) is 0. The number of aliphatic carboxylic acids is 1. The van der Waals surface area contributed by atoms with E-state index in [2.05, 4.69) is 5.32 Å². The topological polar surface area (TPSA) is 58.6 Å². The number of hydrogen-bond acceptors (Lipinski definition) is 4. The Morgan fingerprint density at radius 3 is 3.00 bits per heavy atom. The average molecular weight is 267 g/mol. The Labute approximate surface area is 111 Å². The number of rotatable bonds is 4. The van der Waals surface area contributed by atoms with Crippen LogP contribution in [0.3, 0.4) is 0 Å². The molecule has 1 aliphatic rings. The summed E-state index contributed by atoms with van der Waals surface area (Å²) in [5.41, 5.74) is 1.04. The summed E-state index contributed by atoms with van der Waals surface area (Å²) in [6, 6.07) is 7.35. The van der Waals surface area contributed by atoms with Gasteiger partial charge in [0, 0.05) is 23.1 Å². The smallest absolute Gasteiger partial charge is 0.321 e. The molecule has 0 amide bonds. The van der Waals surface area contributed by atoms with E-state index >= 15 is 0 Å². The number of thioether (sulfide) groups is 1. The number of carbonyl (C=O) groups is 1. The molecule has 2 N–H and O–H groups in total. The fourth-order valence-electron chi connectivity index (χ4n) is 2.02. The largest absolute Gasteiger partial charge is 0.494 e. The minimum absolute atomic E-state index is 0.0348. The van der Waals surface area contributed by atoms with Crippen molar-refractivity contribution in [1.29, 1.82) is 0 Å². The summed E-state index contributed by atoms with van der Waals surface area (Å²) in [6.45, 7) is 2.55. The first-order valence-corrected chi connectivity index (χ1v) is 7.16. The normalized spacial score (nSPS) is 23.6. The van der Waals surface area contributed by atoms with E-state index in [1.165, 1.54) is 0 Å². The van der Waals surface area contributed by atoms with Crippen molar-refractivity contribution in [3.8, 4) is 5.75 Å². The van der Waals surface area contributed by atoms with Crippen LogP contribution in [-0.4, -0.2) is 35.2 Å². The summed E-state index contributed by atoms with van der Waals surface area (Å²) in [5, 5.41) is 12.2. The zero-order valence-electron chi connectivity index (χ0n) is 10.3. The Morgan fingerprint density at radius 1 is 1.50 bits per heavy atom. The first-order chi connectivity index (χ1) is 8.72. The van der Waals surface area contributed by atoms with Crippen molar-refractivity contribution < 1.29 is 14.6 Å². The van der Waals surface area contributed by atoms with Crippen molar-refractivity contribution in [1.82, 2.24) is 5.32 Å². The molecule has 0 aromatic heterocycles. The molecular formula is C13H17NO3S. The molecule has 5 heteroatoms. The molecule has 0 radical (unpaired) electrons. The number of benzene rings is 1. The average Bonchev–Trinajstić information content (AvgIpc) is 2.40. The molecule has 1 aromatic carbocycles. The van der Waals surface area contributed by atoms with Gasteiger partial charge in [-0.3, -0.25) is 10.1 Å². The number of carboxylic acid groups (broad SMARTS) is 1. The van der Waals surface area contributed by atoms with Gasteiger partial charge in [0.25, 0.3) is 0 Å². The van der Waals surface area contributed by atoms with Gasteiger partial charge >= 0.3 is 5.97 Å². The molecule has 2 unspecified atom stereocenters. The van der Waals surface area contributed by atoms with E-state index in [0.29, 0.717) is 12.4 Å². The Hall–Kier alpha value is -1.20. The minimum atomic E-state index is -0.791. The van der Waals surface area contributed by atoms with E-state index in [-0.39, 0.29) is 6.04 Å². The van der Waals surface area contributed by atoms with Crippen LogP contribution in [0.15, 0.2) is 24.3 Å². The predicted octanol–water partition coefficient (Wildman–Crippen LogP) is 1.92. The third-order valence-corrected chi connectivity index (χ3v) is 4.00. The maximum atomic E-state index is 11.0. The minimum Gasteiger partial charge on any atom is -0.494 e. The van der Waals surface area contributed by atoms with Crippen LogP contribution in [0.2, 0.25) is 0 Å². The van der Waals surface area contributed by atoms with E-state index in [0.717, 1.165) is 17.1 Å². The highest BCUT2D eigenvalue weighted by Crippen LogP contribution is 2.30. The molecular weight excluding hydrogens is 250 g/mol. The van der Waals surface area contributed by atoms with Crippen LogP contribution in [0.4, 0.5) is 0 Å². The fourth-order valence-corrected chi connectivity index (χ4v) is 3.14. The number of nitrogens with one attached hydrogen (secondary N) is 1. The van der Waals surface area contributed by atoms with Gasteiger partial charge in [0.1, 0.15) is 11.8 Å². The second-order valence-corrected chi connectivity index (χ2v) is 5.19. The molecule has 4 nitrogen and oxygen atoms in total. The first-order valence-electron chi connectivity index (χ1n) is 6.00. The van der Waals surface area contributed by atoms with Gasteiger partial charge in [-0.15, -0.1) is 0 Å². The van der Waals surface area contributed by atoms with Crippen molar-refractivity contribution in [2.75, 3.05) is 18.1 Å². The van der Waals surface area contributed by atoms with Crippen LogP contribution in [0.1, 0.15) is 18.5 Å². The number of para-hydroxylation sites is 1. The number of ether oxygens (including phenoxy) is 1. The van der Waals surface area contributed by atoms with E-state index in [4.69, 9.17) is 9.84 Å². The van der Waals surface area contributed by atoms with E-state index in [9.17, 15) is 4.79 Å². The van der Waals surface area contributed by atoms with Gasteiger partial charge in [-0.1, -0.05) is 18.2 Å². The molecule has 1 aromatic rings. The van der Waals surface area contributed by atoms with Crippen LogP contribution in [0, 0.1) is 0 Å². The van der Waals surface area contributed by atoms with Crippen molar-refractivity contribution in [3.63, 3.8) is 0 Å². The molecule has 2 rings (SSSR count). The van der Waals surface area contributed by atoms with E-state index in [1.54, 1.807) is 11.8 Å². The molecule has 98 valence electrons. The standard InChI is InChI=1S/C13H17NO3S/c1-2-17-12-6-4-3-5-9(12)10-7-18-8-11(14-10)13(15)16/h3-6,10-11,14H,2,7-8H2,1H3,(H,15,16). The SMILES string of the molecule is CCOc1ccccc1C1CSCC(C(=O)O)N1. The predicted molar refractivity (Wildman–Crippen MR) is 72.2 cm³/mol. The molecule has 1 fully saturated rings. The summed E-state index contributed by atoms with van der Waals surface area (Å²) in [5.74, 6) is 1.53. The molecule has 0 spiro atoms. The lowest BCUT2D eigenvalue weighted by atomic mass is 10.1. The lowest BCUT2D eigenvalue weighted by Gasteiger charge is -2.29. The van der Waals surface area contributed by atoms with Crippen LogP contribution < -0.4 is 10.1 Å². The molecule has 0 bridgehead atoms. The molecule has 18 heavy (non-hydrogen) atoms. The van der Waals surface area contributed by atoms with Crippen molar-refractivity contribution >= 4 is 17.7 Å². The summed E-state index contributed by atoms with van der Waals surface area (Å²) in [6.07, 6.45) is 0. The van der Waals surface area contributed by atoms with Crippen molar-refractivity contribution in [2.24, 2.45) is 0 Å². The second-order valence-electron chi connectivity index (χ2n) is 4.12. The molecule has 1 saturated heterocycles. The van der Waals surface area contributed by atoms with Gasteiger partial charge in [-0.05, 0) is 13.0 Å². The van der Waals surface area contributed by atoms with Crippen LogP contribution in [-0.2, 0) is 4.79 Å². The van der Waals surface area contributed by atoms with E-state index in [1.807, 2.05) is 31.2 Å². The summed E-state index contributed by atoms with van der Waals surface area (Å²) in [4.78, 5) is 11.0. The Kier molecular flexibility index (Phi) is 4.49. The van der Waals surface area contributed by atoms with Gasteiger partial charge < -0.3 is 9.84 Å². The maximum Gasteiger partial charge on any atom is 0.321 e. The van der Waals surface area contributed by atoms with Gasteiger partial charge in [0.05, 0.1) is 6.61 Å². The molecule has 1 heterocycles. The number of hydrogen-bond donors (Lipinski definition) is 2. The highest BCUT2D eigenvalue weighted by molar-refractivity contribution is 7.99. The summed E-state index contributed by atoms with van der Waals surface area (Å²) < 4.78 is 5.59. The van der Waals surface area contributed by atoms with E-state index < -0.39 is 12.0 Å². The third-order valence-electron chi connectivity index (χ3n) is 2.86. The van der Waals surface area contributed by atoms with Gasteiger partial charge in [-0.25, -0.2) is 0 Å². The quantitative estimate of drug-likeness (QED) is 0.872. The van der Waals surface area contributed by atoms with Crippen molar-refractivity contribution in [2.45, 2.75) is 19.0 Å². The first kappa shape index (κ1) is 13.2. The molecule has 0 aliphatic carbocycles. The Balaban J connectivity index is 2.17. The fraction of sp³-hybridized carbons (Fsp3) is 0.462. The molecule has 1 aliphatic heterocycles. The lowest BCUT2D eigenvalue weighted by molar-refractivity contribution is -0.139. The molecule has 2 atom stereocenters. The lowest BCUT2D eigenvalue weighted by Crippen LogP contribution is -2.45. The maximum absolute atomic E-state index is 11.0. The monoisotopic (exact) mass is 267 g/mol. The second kappa shape index (κ2) is 6.11. The van der Waals surface area contributed by atoms with Crippen molar-refractivity contribution in [3.05, 3.63) is 29.8 Å². The van der Waals surface area contributed by atoms with Crippen LogP contribution >= 0.6 is 11.8 Å². The Bertz CT molecular complexity index is 424. The van der Waals surface area contributed by atoms with Crippen LogP contribution in [0.5, 0.6) is 5.75 Å². The number of carboxylic acids is 1. The summed E-state index contributed by atoms with van der Waals surface area (Å²) >= 11 is 1.66. The Morgan fingerprint density at radius 2 is 2.28 bits per heavy atom. The zero-order valence-corrected chi connectivity index (χ0v) is 11.1. The highest BCUT2D eigenvalue weighted by Gasteiger charge is 2.28. The molecule has 0 saturated carbocycles. The van der Waals surface area contributed by atoms with Gasteiger partial charge in [-0.2, -0.15) is 11.8 Å². The third kappa shape index (κ3) is 2.97. The van der Waals surface area contributed by atoms with Gasteiger partial charge in [0.2, 0.25) is 0 Å². The zero-order chi connectivity index (χ0) is 13.0. The van der Waals surface area contributed by atoms with Gasteiger partial charge in [0.15, 0.2) is 0 Å². The van der Waals surface area contributed by atoms with Crippen LogP contribution in [0.25, 0.3) is 0 Å².